The van der Waals surface area contributed by atoms with Gasteiger partial charge in [-0.15, -0.1) is 0 Å². The van der Waals surface area contributed by atoms with Crippen molar-refractivity contribution < 1.29 is 14.2 Å². The van der Waals surface area contributed by atoms with Gasteiger partial charge < -0.3 is 19.5 Å². The van der Waals surface area contributed by atoms with Crippen molar-refractivity contribution in [2.45, 2.75) is 6.54 Å². The fraction of sp³-hybridized carbons (Fsp3) is 0.583. The molecule has 0 spiro atoms. The summed E-state index contributed by atoms with van der Waals surface area (Å²) in [5.74, 6) is 0.664. The maximum atomic E-state index is 5.55. The Morgan fingerprint density at radius 1 is 1.24 bits per heavy atom. The van der Waals surface area contributed by atoms with E-state index in [9.17, 15) is 0 Å². The van der Waals surface area contributed by atoms with Gasteiger partial charge >= 0.3 is 0 Å². The van der Waals surface area contributed by atoms with Crippen molar-refractivity contribution in [1.29, 1.82) is 0 Å². The Kier molecular flexibility index (Phi) is 7.29. The van der Waals surface area contributed by atoms with Crippen LogP contribution in [-0.2, 0) is 16.0 Å². The highest BCUT2D eigenvalue weighted by molar-refractivity contribution is 5.25. The second-order valence-corrected chi connectivity index (χ2v) is 3.45. The summed E-state index contributed by atoms with van der Waals surface area (Å²) in [5.41, 5.74) is 1.05. The summed E-state index contributed by atoms with van der Waals surface area (Å²) in [6, 6.07) is 3.89. The molecule has 1 N–H and O–H groups in total. The lowest BCUT2D eigenvalue weighted by Gasteiger charge is -2.09. The molecule has 0 atom stereocenters. The van der Waals surface area contributed by atoms with E-state index in [0.717, 1.165) is 12.1 Å². The Hall–Kier alpha value is -1.17. The highest BCUT2D eigenvalue weighted by Gasteiger charge is 2.02. The zero-order valence-corrected chi connectivity index (χ0v) is 10.4. The van der Waals surface area contributed by atoms with E-state index in [1.54, 1.807) is 13.3 Å². The second-order valence-electron chi connectivity index (χ2n) is 3.45. The third-order valence-corrected chi connectivity index (χ3v) is 2.12. The number of hydrogen-bond donors (Lipinski definition) is 1. The van der Waals surface area contributed by atoms with Crippen LogP contribution in [0.3, 0.4) is 0 Å². The Balaban J connectivity index is 2.25. The van der Waals surface area contributed by atoms with Crippen LogP contribution in [0.4, 0.5) is 0 Å². The van der Waals surface area contributed by atoms with Crippen LogP contribution in [0.15, 0.2) is 18.3 Å². The molecule has 0 radical (unpaired) electrons. The van der Waals surface area contributed by atoms with Crippen LogP contribution in [-0.4, -0.2) is 45.6 Å². The zero-order chi connectivity index (χ0) is 12.3. The molecule has 1 heterocycles. The van der Waals surface area contributed by atoms with Crippen molar-refractivity contribution in [3.63, 3.8) is 0 Å². The molecule has 0 aromatic carbocycles. The molecule has 5 nitrogen and oxygen atoms in total. The van der Waals surface area contributed by atoms with Crippen LogP contribution < -0.4 is 10.1 Å². The normalized spacial score (nSPS) is 10.5. The lowest BCUT2D eigenvalue weighted by Crippen LogP contribution is -2.13. The van der Waals surface area contributed by atoms with E-state index in [4.69, 9.17) is 14.2 Å². The maximum Gasteiger partial charge on any atom is 0.217 e. The molecule has 0 saturated heterocycles. The van der Waals surface area contributed by atoms with E-state index in [-0.39, 0.29) is 0 Å². The minimum atomic E-state index is 0.497. The van der Waals surface area contributed by atoms with E-state index >= 15 is 0 Å². The minimum Gasteiger partial charge on any atom is -0.475 e. The summed E-state index contributed by atoms with van der Waals surface area (Å²) in [5, 5.41) is 3.07. The minimum absolute atomic E-state index is 0.497. The molecule has 0 aliphatic heterocycles. The Morgan fingerprint density at radius 2 is 2.06 bits per heavy atom. The summed E-state index contributed by atoms with van der Waals surface area (Å²) < 4.78 is 15.7. The van der Waals surface area contributed by atoms with Crippen LogP contribution >= 0.6 is 0 Å². The van der Waals surface area contributed by atoms with Gasteiger partial charge in [-0.05, 0) is 13.1 Å². The lowest BCUT2D eigenvalue weighted by atomic mass is 10.3. The van der Waals surface area contributed by atoms with Crippen LogP contribution in [0.2, 0.25) is 0 Å². The number of methoxy groups -OCH3 is 1. The fourth-order valence-corrected chi connectivity index (χ4v) is 1.32. The Bertz CT molecular complexity index is 308. The summed E-state index contributed by atoms with van der Waals surface area (Å²) in [4.78, 5) is 4.19. The zero-order valence-electron chi connectivity index (χ0n) is 10.4. The van der Waals surface area contributed by atoms with Gasteiger partial charge in [-0.3, -0.25) is 0 Å². The summed E-state index contributed by atoms with van der Waals surface area (Å²) in [6.45, 7) is 2.98. The Labute approximate surface area is 102 Å². The van der Waals surface area contributed by atoms with Crippen LogP contribution in [0.25, 0.3) is 0 Å². The summed E-state index contributed by atoms with van der Waals surface area (Å²) in [7, 11) is 3.54. The molecule has 0 amide bonds. The van der Waals surface area contributed by atoms with Crippen LogP contribution in [0.5, 0.6) is 5.88 Å². The largest absolute Gasteiger partial charge is 0.475 e. The molecule has 1 aromatic rings. The number of hydrogen-bond acceptors (Lipinski definition) is 5. The molecular weight excluding hydrogens is 220 g/mol. The molecular formula is C12H20N2O3. The molecule has 0 saturated carbocycles. The average molecular weight is 240 g/mol. The van der Waals surface area contributed by atoms with Crippen molar-refractivity contribution >= 4 is 0 Å². The van der Waals surface area contributed by atoms with E-state index in [1.165, 1.54) is 0 Å². The van der Waals surface area contributed by atoms with Gasteiger partial charge in [0.15, 0.2) is 0 Å². The standard InChI is InChI=1S/C12H20N2O3/c1-13-10-11-4-3-5-14-12(11)17-9-8-16-7-6-15-2/h3-5,13H,6-10H2,1-2H3. The highest BCUT2D eigenvalue weighted by Crippen LogP contribution is 2.13. The quantitative estimate of drug-likeness (QED) is 0.648. The predicted molar refractivity (Wildman–Crippen MR) is 65.2 cm³/mol. The van der Waals surface area contributed by atoms with Gasteiger partial charge in [0, 0.05) is 25.4 Å². The van der Waals surface area contributed by atoms with Gasteiger partial charge in [0.05, 0.1) is 19.8 Å². The molecule has 0 fully saturated rings. The Morgan fingerprint density at radius 3 is 2.82 bits per heavy atom. The fourth-order valence-electron chi connectivity index (χ4n) is 1.32. The topological polar surface area (TPSA) is 52.6 Å². The lowest BCUT2D eigenvalue weighted by molar-refractivity contribution is 0.0535. The molecule has 17 heavy (non-hydrogen) atoms. The predicted octanol–water partition coefficient (Wildman–Crippen LogP) is 0.843. The van der Waals surface area contributed by atoms with Gasteiger partial charge in [-0.1, -0.05) is 6.07 Å². The first kappa shape index (κ1) is 13.9. The monoisotopic (exact) mass is 240 g/mol. The number of nitrogens with zero attached hydrogens (tertiary/aromatic N) is 1. The van der Waals surface area contributed by atoms with Crippen LogP contribution in [0, 0.1) is 0 Å². The van der Waals surface area contributed by atoms with Crippen molar-refractivity contribution in [3.8, 4) is 5.88 Å². The van der Waals surface area contributed by atoms with Crippen molar-refractivity contribution in [2.75, 3.05) is 40.6 Å². The molecule has 5 heteroatoms. The van der Waals surface area contributed by atoms with Crippen molar-refractivity contribution in [3.05, 3.63) is 23.9 Å². The van der Waals surface area contributed by atoms with Gasteiger partial charge in [-0.2, -0.15) is 0 Å². The van der Waals surface area contributed by atoms with Crippen molar-refractivity contribution in [2.24, 2.45) is 0 Å². The first-order valence-electron chi connectivity index (χ1n) is 5.66. The molecule has 1 aromatic heterocycles. The van der Waals surface area contributed by atoms with Gasteiger partial charge in [0.2, 0.25) is 5.88 Å². The van der Waals surface area contributed by atoms with E-state index in [2.05, 4.69) is 10.3 Å². The number of nitrogens with one attached hydrogen (secondary N) is 1. The third-order valence-electron chi connectivity index (χ3n) is 2.12. The van der Waals surface area contributed by atoms with E-state index < -0.39 is 0 Å². The van der Waals surface area contributed by atoms with Gasteiger partial charge in [0.25, 0.3) is 0 Å². The van der Waals surface area contributed by atoms with E-state index in [0.29, 0.717) is 32.3 Å². The molecule has 0 aliphatic carbocycles. The van der Waals surface area contributed by atoms with E-state index in [1.807, 2.05) is 19.2 Å². The molecule has 96 valence electrons. The number of pyridine rings is 1. The molecule has 0 aliphatic rings. The smallest absolute Gasteiger partial charge is 0.217 e. The second kappa shape index (κ2) is 8.92. The third kappa shape index (κ3) is 5.63. The number of ether oxygens (including phenoxy) is 3. The molecule has 1 rings (SSSR count). The average Bonchev–Trinajstić information content (AvgIpc) is 2.36. The molecule has 0 unspecified atom stereocenters. The SMILES string of the molecule is CNCc1cccnc1OCCOCCOC. The number of aromatic nitrogens is 1. The summed E-state index contributed by atoms with van der Waals surface area (Å²) >= 11 is 0. The molecule has 0 bridgehead atoms. The maximum absolute atomic E-state index is 5.55. The summed E-state index contributed by atoms with van der Waals surface area (Å²) in [6.07, 6.45) is 1.72. The van der Waals surface area contributed by atoms with Gasteiger partial charge in [0.1, 0.15) is 6.61 Å². The van der Waals surface area contributed by atoms with Gasteiger partial charge in [-0.25, -0.2) is 4.98 Å². The van der Waals surface area contributed by atoms with Crippen molar-refractivity contribution in [1.82, 2.24) is 10.3 Å². The van der Waals surface area contributed by atoms with Crippen LogP contribution in [0.1, 0.15) is 5.56 Å². The number of rotatable bonds is 9. The first-order valence-corrected chi connectivity index (χ1v) is 5.66. The highest BCUT2D eigenvalue weighted by atomic mass is 16.5. The first-order chi connectivity index (χ1) is 8.38.